The third-order valence-electron chi connectivity index (χ3n) is 1.88. The topological polar surface area (TPSA) is 80.8 Å². The fourth-order valence-electron chi connectivity index (χ4n) is 1.16. The number of aromatic nitrogens is 4. The Balaban J connectivity index is 1.87. The minimum Gasteiger partial charge on any atom is -0.468 e. The standard InChI is InChI=1S/C8H14N4O2/c13-7-14-6-4-2-1-3-5-8-9-11-12-10-8/h7H,1-6H2,(H,9,10,11,12). The van der Waals surface area contributed by atoms with Crippen LogP contribution in [-0.2, 0) is 16.0 Å². The van der Waals surface area contributed by atoms with Crippen molar-refractivity contribution in [2.75, 3.05) is 6.61 Å². The molecule has 14 heavy (non-hydrogen) atoms. The van der Waals surface area contributed by atoms with E-state index in [0.717, 1.165) is 37.9 Å². The first-order valence-corrected chi connectivity index (χ1v) is 4.71. The highest BCUT2D eigenvalue weighted by molar-refractivity contribution is 5.36. The minimum absolute atomic E-state index is 0.486. The first kappa shape index (κ1) is 10.6. The van der Waals surface area contributed by atoms with Crippen molar-refractivity contribution in [2.45, 2.75) is 32.1 Å². The molecule has 1 aromatic heterocycles. The second-order valence-corrected chi connectivity index (χ2v) is 2.98. The van der Waals surface area contributed by atoms with Gasteiger partial charge in [0.1, 0.15) is 5.82 Å². The van der Waals surface area contributed by atoms with Crippen molar-refractivity contribution >= 4 is 6.47 Å². The van der Waals surface area contributed by atoms with Crippen LogP contribution in [0.15, 0.2) is 0 Å². The average Bonchev–Trinajstić information content (AvgIpc) is 2.69. The molecular weight excluding hydrogens is 184 g/mol. The number of aromatic amines is 1. The van der Waals surface area contributed by atoms with Gasteiger partial charge in [-0.3, -0.25) is 4.79 Å². The first-order valence-electron chi connectivity index (χ1n) is 4.71. The highest BCUT2D eigenvalue weighted by Crippen LogP contribution is 2.03. The van der Waals surface area contributed by atoms with Gasteiger partial charge >= 0.3 is 0 Å². The number of ether oxygens (including phenoxy) is 1. The van der Waals surface area contributed by atoms with Gasteiger partial charge in [0.05, 0.1) is 6.61 Å². The van der Waals surface area contributed by atoms with E-state index in [-0.39, 0.29) is 0 Å². The van der Waals surface area contributed by atoms with Crippen molar-refractivity contribution in [3.05, 3.63) is 5.82 Å². The maximum absolute atomic E-state index is 9.80. The molecule has 0 aliphatic carbocycles. The van der Waals surface area contributed by atoms with E-state index in [1.807, 2.05) is 0 Å². The molecule has 1 N–H and O–H groups in total. The third-order valence-corrected chi connectivity index (χ3v) is 1.88. The van der Waals surface area contributed by atoms with E-state index in [2.05, 4.69) is 25.4 Å². The van der Waals surface area contributed by atoms with Gasteiger partial charge in [-0.15, -0.1) is 5.10 Å². The summed E-state index contributed by atoms with van der Waals surface area (Å²) in [7, 11) is 0. The molecule has 0 aromatic carbocycles. The highest BCUT2D eigenvalue weighted by Gasteiger charge is 1.96. The quantitative estimate of drug-likeness (QED) is 0.485. The van der Waals surface area contributed by atoms with Gasteiger partial charge in [0, 0.05) is 6.42 Å². The van der Waals surface area contributed by atoms with Crippen LogP contribution in [0.4, 0.5) is 0 Å². The Hall–Kier alpha value is -1.46. The van der Waals surface area contributed by atoms with Gasteiger partial charge in [-0.25, -0.2) is 5.10 Å². The Labute approximate surface area is 82.0 Å². The summed E-state index contributed by atoms with van der Waals surface area (Å²) in [5.74, 6) is 0.828. The van der Waals surface area contributed by atoms with Crippen molar-refractivity contribution in [3.63, 3.8) is 0 Å². The summed E-state index contributed by atoms with van der Waals surface area (Å²) in [5.41, 5.74) is 0. The van der Waals surface area contributed by atoms with E-state index in [4.69, 9.17) is 0 Å². The molecule has 0 fully saturated rings. The van der Waals surface area contributed by atoms with Crippen LogP contribution in [-0.4, -0.2) is 33.7 Å². The van der Waals surface area contributed by atoms with Crippen molar-refractivity contribution in [3.8, 4) is 0 Å². The lowest BCUT2D eigenvalue weighted by atomic mass is 10.1. The molecule has 6 nitrogen and oxygen atoms in total. The fraction of sp³-hybridized carbons (Fsp3) is 0.750. The summed E-state index contributed by atoms with van der Waals surface area (Å²) in [4.78, 5) is 9.80. The van der Waals surface area contributed by atoms with Gasteiger partial charge in [0.25, 0.3) is 6.47 Å². The number of aryl methyl sites for hydroxylation is 1. The molecular formula is C8H14N4O2. The molecule has 1 heterocycles. The molecule has 0 atom stereocenters. The number of nitrogens with zero attached hydrogens (tertiary/aromatic N) is 3. The van der Waals surface area contributed by atoms with E-state index in [0.29, 0.717) is 13.1 Å². The summed E-state index contributed by atoms with van der Waals surface area (Å²) in [6.45, 7) is 1.01. The molecule has 0 bridgehead atoms. The highest BCUT2D eigenvalue weighted by atomic mass is 16.5. The van der Waals surface area contributed by atoms with Gasteiger partial charge in [0.15, 0.2) is 0 Å². The molecule has 0 spiro atoms. The van der Waals surface area contributed by atoms with Gasteiger partial charge in [0.2, 0.25) is 0 Å². The Morgan fingerprint density at radius 1 is 1.29 bits per heavy atom. The summed E-state index contributed by atoms with van der Waals surface area (Å²) in [6.07, 6.45) is 5.02. The number of tetrazole rings is 1. The normalized spacial score (nSPS) is 10.0. The SMILES string of the molecule is O=COCCCCCCc1nnn[nH]1. The summed E-state index contributed by atoms with van der Waals surface area (Å²) >= 11 is 0. The van der Waals surface area contributed by atoms with Gasteiger partial charge in [-0.1, -0.05) is 12.8 Å². The first-order chi connectivity index (χ1) is 6.93. The third kappa shape index (κ3) is 4.54. The zero-order chi connectivity index (χ0) is 10.1. The van der Waals surface area contributed by atoms with Crippen LogP contribution in [0.3, 0.4) is 0 Å². The number of H-pyrrole nitrogens is 1. The predicted octanol–water partition coefficient (Wildman–Crippen LogP) is 0.476. The van der Waals surface area contributed by atoms with Crippen LogP contribution >= 0.6 is 0 Å². The van der Waals surface area contributed by atoms with Crippen LogP contribution < -0.4 is 0 Å². The van der Waals surface area contributed by atoms with Crippen LogP contribution in [0, 0.1) is 0 Å². The van der Waals surface area contributed by atoms with Gasteiger partial charge in [-0.05, 0) is 23.3 Å². The molecule has 0 aliphatic rings. The summed E-state index contributed by atoms with van der Waals surface area (Å²) in [5, 5.41) is 13.4. The van der Waals surface area contributed by atoms with Crippen LogP contribution in [0.25, 0.3) is 0 Å². The molecule has 0 radical (unpaired) electrons. The van der Waals surface area contributed by atoms with Gasteiger partial charge < -0.3 is 4.74 Å². The van der Waals surface area contributed by atoms with Crippen molar-refractivity contribution in [1.82, 2.24) is 20.6 Å². The number of nitrogens with one attached hydrogen (secondary N) is 1. The predicted molar refractivity (Wildman–Crippen MR) is 48.4 cm³/mol. The molecule has 0 aliphatic heterocycles. The smallest absolute Gasteiger partial charge is 0.293 e. The number of unbranched alkanes of at least 4 members (excludes halogenated alkanes) is 3. The number of carbonyl (C=O) groups excluding carboxylic acids is 1. The minimum atomic E-state index is 0.486. The Morgan fingerprint density at radius 2 is 2.14 bits per heavy atom. The number of hydrogen-bond donors (Lipinski definition) is 1. The number of rotatable bonds is 8. The van der Waals surface area contributed by atoms with E-state index in [1.54, 1.807) is 0 Å². The largest absolute Gasteiger partial charge is 0.468 e. The second kappa shape index (κ2) is 6.99. The molecule has 78 valence electrons. The zero-order valence-corrected chi connectivity index (χ0v) is 7.98. The Kier molecular flexibility index (Phi) is 5.30. The molecule has 0 unspecified atom stereocenters. The summed E-state index contributed by atoms with van der Waals surface area (Å²) in [6, 6.07) is 0. The lowest BCUT2D eigenvalue weighted by molar-refractivity contribution is -0.128. The zero-order valence-electron chi connectivity index (χ0n) is 7.98. The van der Waals surface area contributed by atoms with Crippen LogP contribution in [0.2, 0.25) is 0 Å². The molecule has 0 amide bonds. The van der Waals surface area contributed by atoms with E-state index < -0.39 is 0 Å². The van der Waals surface area contributed by atoms with Crippen molar-refractivity contribution < 1.29 is 9.53 Å². The van der Waals surface area contributed by atoms with E-state index in [1.165, 1.54) is 0 Å². The fourth-order valence-corrected chi connectivity index (χ4v) is 1.16. The number of hydrogen-bond acceptors (Lipinski definition) is 5. The molecule has 1 rings (SSSR count). The molecule has 1 aromatic rings. The lowest BCUT2D eigenvalue weighted by Gasteiger charge is -1.98. The van der Waals surface area contributed by atoms with Gasteiger partial charge in [-0.2, -0.15) is 0 Å². The Morgan fingerprint density at radius 3 is 2.86 bits per heavy atom. The van der Waals surface area contributed by atoms with Crippen LogP contribution in [0.1, 0.15) is 31.5 Å². The maximum atomic E-state index is 9.80. The molecule has 0 saturated heterocycles. The van der Waals surface area contributed by atoms with Crippen molar-refractivity contribution in [2.24, 2.45) is 0 Å². The molecule has 6 heteroatoms. The second-order valence-electron chi connectivity index (χ2n) is 2.98. The van der Waals surface area contributed by atoms with Crippen molar-refractivity contribution in [1.29, 1.82) is 0 Å². The van der Waals surface area contributed by atoms with E-state index in [9.17, 15) is 4.79 Å². The Bertz CT molecular complexity index is 237. The lowest BCUT2D eigenvalue weighted by Crippen LogP contribution is -1.93. The van der Waals surface area contributed by atoms with Crippen LogP contribution in [0.5, 0.6) is 0 Å². The van der Waals surface area contributed by atoms with E-state index >= 15 is 0 Å². The monoisotopic (exact) mass is 198 g/mol. The maximum Gasteiger partial charge on any atom is 0.293 e. The molecule has 0 saturated carbocycles. The average molecular weight is 198 g/mol. The number of carbonyl (C=O) groups is 1. The summed E-state index contributed by atoms with van der Waals surface area (Å²) < 4.78 is 4.57.